The smallest absolute Gasteiger partial charge is 0.234 e. The topological polar surface area (TPSA) is 66.9 Å². The lowest BCUT2D eigenvalue weighted by Gasteiger charge is -2.16. The second-order valence-electron chi connectivity index (χ2n) is 5.83. The second kappa shape index (κ2) is 9.03. The molecule has 0 saturated carbocycles. The van der Waals surface area contributed by atoms with Crippen LogP contribution in [0.4, 0.5) is 10.8 Å². The van der Waals surface area contributed by atoms with Crippen LogP contribution in [0.15, 0.2) is 22.5 Å². The van der Waals surface area contributed by atoms with Crippen LogP contribution in [0.3, 0.4) is 0 Å². The number of hydrogen-bond donors (Lipinski definition) is 2. The number of carbonyl (C=O) groups excluding carboxylic acids is 1. The molecule has 1 aromatic heterocycles. The lowest BCUT2D eigenvalue weighted by molar-refractivity contribution is -0.113. The van der Waals surface area contributed by atoms with Crippen LogP contribution in [0.25, 0.3) is 0 Å². The lowest BCUT2D eigenvalue weighted by atomic mass is 9.98. The molecule has 2 rings (SSSR count). The molecule has 0 aliphatic heterocycles. The third-order valence-corrected chi connectivity index (χ3v) is 5.47. The largest absolute Gasteiger partial charge is 0.360 e. The first kappa shape index (κ1) is 18.7. The van der Waals surface area contributed by atoms with E-state index in [-0.39, 0.29) is 5.91 Å². The van der Waals surface area contributed by atoms with E-state index in [0.717, 1.165) is 39.3 Å². The van der Waals surface area contributed by atoms with Crippen molar-refractivity contribution < 1.29 is 4.79 Å². The van der Waals surface area contributed by atoms with Gasteiger partial charge in [0.05, 0.1) is 5.75 Å². The molecular weight excluding hydrogens is 340 g/mol. The average molecular weight is 365 g/mol. The van der Waals surface area contributed by atoms with Gasteiger partial charge < -0.3 is 10.6 Å². The Hall–Kier alpha value is -1.60. The quantitative estimate of drug-likeness (QED) is 0.674. The predicted octanol–water partition coefficient (Wildman–Crippen LogP) is 4.52. The van der Waals surface area contributed by atoms with Crippen molar-refractivity contribution in [1.82, 2.24) is 10.2 Å². The van der Waals surface area contributed by atoms with Crippen LogP contribution in [0.1, 0.15) is 44.2 Å². The van der Waals surface area contributed by atoms with Crippen molar-refractivity contribution in [3.8, 4) is 0 Å². The number of hydrogen-bond acceptors (Lipinski definition) is 6. The van der Waals surface area contributed by atoms with Gasteiger partial charge in [-0.15, -0.1) is 10.2 Å². The van der Waals surface area contributed by atoms with E-state index in [1.54, 1.807) is 0 Å². The monoisotopic (exact) mass is 364 g/mol. The SMILES string of the molecule is CCCNc1nnc(SCC(=O)Nc2c(C)cccc2C(C)C)s1. The Morgan fingerprint density at radius 1 is 1.33 bits per heavy atom. The van der Waals surface area contributed by atoms with Crippen LogP contribution in [0.5, 0.6) is 0 Å². The van der Waals surface area contributed by atoms with Gasteiger partial charge in [-0.1, -0.05) is 62.1 Å². The van der Waals surface area contributed by atoms with Gasteiger partial charge in [-0.2, -0.15) is 0 Å². The fourth-order valence-electron chi connectivity index (χ4n) is 2.22. The average Bonchev–Trinajstić information content (AvgIpc) is 3.00. The molecule has 130 valence electrons. The van der Waals surface area contributed by atoms with E-state index in [1.807, 2.05) is 19.1 Å². The van der Waals surface area contributed by atoms with Crippen LogP contribution in [-0.2, 0) is 4.79 Å². The summed E-state index contributed by atoms with van der Waals surface area (Å²) in [7, 11) is 0. The standard InChI is InChI=1S/C17H24N4OS2/c1-5-9-18-16-20-21-17(24-16)23-10-14(22)19-15-12(4)7-6-8-13(15)11(2)3/h6-8,11H,5,9-10H2,1-4H3,(H,18,20)(H,19,22). The van der Waals surface area contributed by atoms with Gasteiger partial charge in [0.15, 0.2) is 4.34 Å². The Kier molecular flexibility index (Phi) is 7.05. The van der Waals surface area contributed by atoms with E-state index in [0.29, 0.717) is 11.7 Å². The first-order valence-corrected chi connectivity index (χ1v) is 9.91. The number of anilines is 2. The zero-order chi connectivity index (χ0) is 17.5. The van der Waals surface area contributed by atoms with Crippen molar-refractivity contribution in [2.24, 2.45) is 0 Å². The number of amides is 1. The highest BCUT2D eigenvalue weighted by atomic mass is 32.2. The summed E-state index contributed by atoms with van der Waals surface area (Å²) in [5.74, 6) is 0.673. The summed E-state index contributed by atoms with van der Waals surface area (Å²) in [5, 5.41) is 15.2. The Bertz CT molecular complexity index is 685. The lowest BCUT2D eigenvalue weighted by Crippen LogP contribution is -2.16. The Labute approximate surface area is 151 Å². The van der Waals surface area contributed by atoms with E-state index >= 15 is 0 Å². The van der Waals surface area contributed by atoms with E-state index in [1.165, 1.54) is 23.1 Å². The first-order valence-electron chi connectivity index (χ1n) is 8.10. The van der Waals surface area contributed by atoms with E-state index < -0.39 is 0 Å². The fourth-order valence-corrected chi connectivity index (χ4v) is 3.79. The molecule has 0 unspecified atom stereocenters. The number of aromatic nitrogens is 2. The first-order chi connectivity index (χ1) is 11.5. The number of thioether (sulfide) groups is 1. The number of benzene rings is 1. The maximum absolute atomic E-state index is 12.3. The molecule has 0 spiro atoms. The summed E-state index contributed by atoms with van der Waals surface area (Å²) in [6.07, 6.45) is 1.04. The van der Waals surface area contributed by atoms with Crippen LogP contribution >= 0.6 is 23.1 Å². The summed E-state index contributed by atoms with van der Waals surface area (Å²) in [4.78, 5) is 12.3. The highest BCUT2D eigenvalue weighted by Gasteiger charge is 2.13. The van der Waals surface area contributed by atoms with Crippen LogP contribution in [0.2, 0.25) is 0 Å². The Morgan fingerprint density at radius 3 is 2.83 bits per heavy atom. The van der Waals surface area contributed by atoms with Crippen molar-refractivity contribution >= 4 is 39.8 Å². The molecule has 0 atom stereocenters. The number of carbonyl (C=O) groups is 1. The summed E-state index contributed by atoms with van der Waals surface area (Å²) in [6.45, 7) is 9.26. The van der Waals surface area contributed by atoms with Crippen molar-refractivity contribution in [3.63, 3.8) is 0 Å². The van der Waals surface area contributed by atoms with Gasteiger partial charge >= 0.3 is 0 Å². The molecule has 7 heteroatoms. The van der Waals surface area contributed by atoms with Gasteiger partial charge in [-0.25, -0.2) is 0 Å². The number of rotatable bonds is 8. The molecular formula is C17H24N4OS2. The number of nitrogens with one attached hydrogen (secondary N) is 2. The molecule has 0 aliphatic rings. The van der Waals surface area contributed by atoms with Gasteiger partial charge in [0.25, 0.3) is 0 Å². The molecule has 1 amide bonds. The normalized spacial score (nSPS) is 10.9. The van der Waals surface area contributed by atoms with E-state index in [4.69, 9.17) is 0 Å². The Morgan fingerprint density at radius 2 is 2.12 bits per heavy atom. The fraction of sp³-hybridized carbons (Fsp3) is 0.471. The van der Waals surface area contributed by atoms with Crippen LogP contribution in [0, 0.1) is 6.92 Å². The van der Waals surface area contributed by atoms with Gasteiger partial charge in [-0.3, -0.25) is 4.79 Å². The minimum atomic E-state index is -0.0190. The molecule has 1 aromatic carbocycles. The zero-order valence-corrected chi connectivity index (χ0v) is 16.2. The molecule has 0 saturated heterocycles. The predicted molar refractivity (Wildman–Crippen MR) is 103 cm³/mol. The summed E-state index contributed by atoms with van der Waals surface area (Å²) in [6, 6.07) is 6.11. The number of nitrogens with zero attached hydrogens (tertiary/aromatic N) is 2. The molecule has 0 aliphatic carbocycles. The second-order valence-corrected chi connectivity index (χ2v) is 8.03. The minimum absolute atomic E-state index is 0.0190. The molecule has 1 heterocycles. The third-order valence-electron chi connectivity index (χ3n) is 3.45. The number of para-hydroxylation sites is 1. The highest BCUT2D eigenvalue weighted by Crippen LogP contribution is 2.29. The molecule has 2 aromatic rings. The van der Waals surface area contributed by atoms with Gasteiger partial charge in [0.2, 0.25) is 11.0 Å². The summed E-state index contributed by atoms with van der Waals surface area (Å²) < 4.78 is 0.803. The maximum Gasteiger partial charge on any atom is 0.234 e. The third kappa shape index (κ3) is 5.21. The molecule has 2 N–H and O–H groups in total. The van der Waals surface area contributed by atoms with Gasteiger partial charge in [-0.05, 0) is 30.4 Å². The van der Waals surface area contributed by atoms with Crippen molar-refractivity contribution in [1.29, 1.82) is 0 Å². The molecule has 0 fully saturated rings. The maximum atomic E-state index is 12.3. The molecule has 0 bridgehead atoms. The number of aryl methyl sites for hydroxylation is 1. The molecule has 5 nitrogen and oxygen atoms in total. The summed E-state index contributed by atoms with van der Waals surface area (Å²) >= 11 is 2.90. The van der Waals surface area contributed by atoms with Gasteiger partial charge in [0.1, 0.15) is 0 Å². The van der Waals surface area contributed by atoms with E-state index in [9.17, 15) is 4.79 Å². The minimum Gasteiger partial charge on any atom is -0.360 e. The van der Waals surface area contributed by atoms with Crippen LogP contribution in [-0.4, -0.2) is 28.4 Å². The van der Waals surface area contributed by atoms with E-state index in [2.05, 4.69) is 47.7 Å². The zero-order valence-electron chi connectivity index (χ0n) is 14.5. The Balaban J connectivity index is 1.93. The summed E-state index contributed by atoms with van der Waals surface area (Å²) in [5.41, 5.74) is 3.18. The molecule has 0 radical (unpaired) electrons. The van der Waals surface area contributed by atoms with Crippen molar-refractivity contribution in [2.75, 3.05) is 22.9 Å². The van der Waals surface area contributed by atoms with Crippen molar-refractivity contribution in [2.45, 2.75) is 44.4 Å². The molecule has 24 heavy (non-hydrogen) atoms. The highest BCUT2D eigenvalue weighted by molar-refractivity contribution is 8.01. The van der Waals surface area contributed by atoms with Gasteiger partial charge in [0, 0.05) is 12.2 Å². The van der Waals surface area contributed by atoms with Crippen molar-refractivity contribution in [3.05, 3.63) is 29.3 Å². The van der Waals surface area contributed by atoms with Crippen LogP contribution < -0.4 is 10.6 Å².